The molecule has 0 bridgehead atoms. The van der Waals surface area contributed by atoms with Gasteiger partial charge in [-0.15, -0.1) is 0 Å². The van der Waals surface area contributed by atoms with E-state index in [1.807, 2.05) is 84.9 Å². The first-order chi connectivity index (χ1) is 15.6. The Morgan fingerprint density at radius 3 is 2.31 bits per heavy atom. The van der Waals surface area contributed by atoms with Gasteiger partial charge in [-0.2, -0.15) is 5.01 Å². The van der Waals surface area contributed by atoms with E-state index in [1.54, 1.807) is 13.2 Å². The molecule has 0 unspecified atom stereocenters. The van der Waals surface area contributed by atoms with Gasteiger partial charge in [0.05, 0.1) is 24.1 Å². The van der Waals surface area contributed by atoms with Crippen molar-refractivity contribution in [1.29, 1.82) is 0 Å². The molecule has 32 heavy (non-hydrogen) atoms. The number of amidine groups is 1. The van der Waals surface area contributed by atoms with Gasteiger partial charge in [0.1, 0.15) is 5.75 Å². The highest BCUT2D eigenvalue weighted by molar-refractivity contribution is 8.18. The van der Waals surface area contributed by atoms with Crippen molar-refractivity contribution in [2.75, 3.05) is 7.11 Å². The van der Waals surface area contributed by atoms with Crippen LogP contribution in [0.25, 0.3) is 6.08 Å². The summed E-state index contributed by atoms with van der Waals surface area (Å²) in [5.74, 6) is 0.109. The van der Waals surface area contributed by atoms with Crippen LogP contribution in [0, 0.1) is 0 Å². The number of hydrazine groups is 1. The molecular weight excluding hydrogens is 422 g/mol. The zero-order valence-electron chi connectivity index (χ0n) is 17.4. The minimum atomic E-state index is -0.332. The number of nitrogens with zero attached hydrogens (tertiary/aromatic N) is 2. The lowest BCUT2D eigenvalue weighted by Gasteiger charge is -2.16. The van der Waals surface area contributed by atoms with Crippen molar-refractivity contribution in [3.63, 3.8) is 0 Å². The predicted octanol–water partition coefficient (Wildman–Crippen LogP) is 4.57. The van der Waals surface area contributed by atoms with Crippen LogP contribution in [0.2, 0.25) is 0 Å². The topological polar surface area (TPSA) is 71.0 Å². The highest BCUT2D eigenvalue weighted by Crippen LogP contribution is 2.33. The third-order valence-electron chi connectivity index (χ3n) is 4.64. The van der Waals surface area contributed by atoms with E-state index >= 15 is 0 Å². The van der Waals surface area contributed by atoms with Gasteiger partial charge in [-0.3, -0.25) is 15.0 Å². The van der Waals surface area contributed by atoms with E-state index in [0.29, 0.717) is 15.8 Å². The Balaban J connectivity index is 1.60. The number of carbonyl (C=O) groups excluding carboxylic acids is 2. The quantitative estimate of drug-likeness (QED) is 0.567. The van der Waals surface area contributed by atoms with E-state index in [0.717, 1.165) is 16.9 Å². The summed E-state index contributed by atoms with van der Waals surface area (Å²) in [6.45, 7) is 0. The van der Waals surface area contributed by atoms with Crippen molar-refractivity contribution in [3.05, 3.63) is 101 Å². The van der Waals surface area contributed by atoms with Crippen molar-refractivity contribution in [2.45, 2.75) is 6.42 Å². The van der Waals surface area contributed by atoms with Crippen LogP contribution in [-0.2, 0) is 16.0 Å². The maximum atomic E-state index is 13.1. The number of methoxy groups -OCH3 is 1. The van der Waals surface area contributed by atoms with Crippen molar-refractivity contribution in [2.24, 2.45) is 4.99 Å². The Morgan fingerprint density at radius 1 is 1.00 bits per heavy atom. The summed E-state index contributed by atoms with van der Waals surface area (Å²) < 4.78 is 5.19. The molecule has 2 amide bonds. The maximum absolute atomic E-state index is 13.1. The van der Waals surface area contributed by atoms with Gasteiger partial charge in [-0.05, 0) is 53.2 Å². The highest BCUT2D eigenvalue weighted by atomic mass is 32.2. The molecule has 1 aliphatic heterocycles. The molecule has 1 heterocycles. The average Bonchev–Trinajstić information content (AvgIpc) is 3.09. The molecule has 7 heteroatoms. The number of amides is 2. The van der Waals surface area contributed by atoms with Gasteiger partial charge in [0, 0.05) is 0 Å². The molecular formula is C25H21N3O3S. The number of nitrogens with one attached hydrogen (secondary N) is 1. The summed E-state index contributed by atoms with van der Waals surface area (Å²) in [7, 11) is 1.60. The molecule has 1 fully saturated rings. The van der Waals surface area contributed by atoms with E-state index in [9.17, 15) is 9.59 Å². The van der Waals surface area contributed by atoms with Crippen LogP contribution in [0.4, 0.5) is 5.69 Å². The second kappa shape index (κ2) is 9.98. The second-order valence-corrected chi connectivity index (χ2v) is 7.96. The standard InChI is InChI=1S/C25H21N3O3S/c1-31-21-14-12-19(13-15-21)16-22-24(30)28(25(32-22)26-20-10-6-3-7-11-20)27-23(29)17-18-8-4-2-5-9-18/h2-16H,17H2,1H3,(H,27,29)/b22-16-,26-25?. The summed E-state index contributed by atoms with van der Waals surface area (Å²) in [6.07, 6.45) is 1.93. The third kappa shape index (κ3) is 5.25. The number of ether oxygens (including phenoxy) is 1. The maximum Gasteiger partial charge on any atom is 0.285 e. The Labute approximate surface area is 190 Å². The van der Waals surface area contributed by atoms with Gasteiger partial charge in [0.2, 0.25) is 5.91 Å². The lowest BCUT2D eigenvalue weighted by molar-refractivity contribution is -0.132. The fraction of sp³-hybridized carbons (Fsp3) is 0.0800. The lowest BCUT2D eigenvalue weighted by atomic mass is 10.1. The minimum absolute atomic E-state index is 0.158. The third-order valence-corrected chi connectivity index (χ3v) is 5.61. The Morgan fingerprint density at radius 2 is 1.66 bits per heavy atom. The van der Waals surface area contributed by atoms with Crippen molar-refractivity contribution < 1.29 is 14.3 Å². The van der Waals surface area contributed by atoms with Crippen molar-refractivity contribution in [1.82, 2.24) is 10.4 Å². The first-order valence-corrected chi connectivity index (χ1v) is 10.8. The minimum Gasteiger partial charge on any atom is -0.497 e. The smallest absolute Gasteiger partial charge is 0.285 e. The number of aliphatic imine (C=N–C) groups is 1. The van der Waals surface area contributed by atoms with E-state index in [-0.39, 0.29) is 18.2 Å². The summed E-state index contributed by atoms with van der Waals surface area (Å²) in [6, 6.07) is 26.1. The Bertz CT molecular complexity index is 1160. The number of para-hydroxylation sites is 1. The number of benzene rings is 3. The fourth-order valence-electron chi connectivity index (χ4n) is 3.06. The zero-order valence-corrected chi connectivity index (χ0v) is 18.2. The molecule has 3 aromatic carbocycles. The molecule has 1 aliphatic rings. The van der Waals surface area contributed by atoms with E-state index in [4.69, 9.17) is 4.74 Å². The highest BCUT2D eigenvalue weighted by Gasteiger charge is 2.35. The molecule has 0 aliphatic carbocycles. The van der Waals surface area contributed by atoms with Crippen LogP contribution < -0.4 is 10.2 Å². The number of hydrogen-bond donors (Lipinski definition) is 1. The number of hydrogen-bond acceptors (Lipinski definition) is 5. The largest absolute Gasteiger partial charge is 0.497 e. The molecule has 6 nitrogen and oxygen atoms in total. The molecule has 160 valence electrons. The van der Waals surface area contributed by atoms with E-state index < -0.39 is 0 Å². The van der Waals surface area contributed by atoms with Crippen molar-refractivity contribution in [3.8, 4) is 5.75 Å². The van der Waals surface area contributed by atoms with Crippen LogP contribution in [0.1, 0.15) is 11.1 Å². The van der Waals surface area contributed by atoms with Crippen molar-refractivity contribution >= 4 is 40.5 Å². The van der Waals surface area contributed by atoms with Gasteiger partial charge < -0.3 is 4.74 Å². The summed E-state index contributed by atoms with van der Waals surface area (Å²) in [5.41, 5.74) is 5.11. The number of thioether (sulfide) groups is 1. The van der Waals surface area contributed by atoms with Crippen LogP contribution in [0.5, 0.6) is 5.75 Å². The van der Waals surface area contributed by atoms with Gasteiger partial charge in [0.25, 0.3) is 5.91 Å². The van der Waals surface area contributed by atoms with Gasteiger partial charge >= 0.3 is 0 Å². The van der Waals surface area contributed by atoms with Crippen LogP contribution in [0.3, 0.4) is 0 Å². The summed E-state index contributed by atoms with van der Waals surface area (Å²) >= 11 is 1.22. The molecule has 0 aromatic heterocycles. The van der Waals surface area contributed by atoms with Crippen LogP contribution in [0.15, 0.2) is 94.8 Å². The van der Waals surface area contributed by atoms with Gasteiger partial charge in [-0.25, -0.2) is 4.99 Å². The number of carbonyl (C=O) groups is 2. The monoisotopic (exact) mass is 443 g/mol. The second-order valence-electron chi connectivity index (χ2n) is 6.95. The summed E-state index contributed by atoms with van der Waals surface area (Å²) in [5, 5.41) is 1.61. The SMILES string of the molecule is COc1ccc(/C=C2\SC(=Nc3ccccc3)N(NC(=O)Cc3ccccc3)C2=O)cc1. The average molecular weight is 444 g/mol. The van der Waals surface area contributed by atoms with E-state index in [2.05, 4.69) is 10.4 Å². The van der Waals surface area contributed by atoms with Gasteiger partial charge in [0.15, 0.2) is 5.17 Å². The molecule has 0 saturated carbocycles. The molecule has 0 spiro atoms. The first-order valence-electron chi connectivity index (χ1n) is 9.97. The van der Waals surface area contributed by atoms with E-state index in [1.165, 1.54) is 16.8 Å². The lowest BCUT2D eigenvalue weighted by Crippen LogP contribution is -2.46. The molecule has 3 aromatic rings. The molecule has 1 saturated heterocycles. The summed E-state index contributed by atoms with van der Waals surface area (Å²) in [4.78, 5) is 30.8. The van der Waals surface area contributed by atoms with Crippen LogP contribution in [-0.4, -0.2) is 29.1 Å². The Hall–Kier alpha value is -3.84. The van der Waals surface area contributed by atoms with Crippen LogP contribution >= 0.6 is 11.8 Å². The van der Waals surface area contributed by atoms with Gasteiger partial charge in [-0.1, -0.05) is 60.7 Å². The molecule has 0 atom stereocenters. The Kier molecular flexibility index (Phi) is 6.67. The number of rotatable bonds is 6. The molecule has 4 rings (SSSR count). The first kappa shape index (κ1) is 21.4. The molecule has 1 N–H and O–H groups in total. The normalized spacial score (nSPS) is 15.9. The fourth-order valence-corrected chi connectivity index (χ4v) is 4.00. The predicted molar refractivity (Wildman–Crippen MR) is 127 cm³/mol. The molecule has 0 radical (unpaired) electrons. The zero-order chi connectivity index (χ0) is 22.3.